The summed E-state index contributed by atoms with van der Waals surface area (Å²) >= 11 is 2.08. The van der Waals surface area contributed by atoms with E-state index in [2.05, 4.69) is 22.6 Å². The zero-order chi connectivity index (χ0) is 6.73. The molecule has 0 nitrogen and oxygen atoms in total. The molecule has 0 aromatic rings. The minimum atomic E-state index is -1.08. The second kappa shape index (κ2) is 4.20. The maximum atomic E-state index is 7.07. The van der Waals surface area contributed by atoms with E-state index in [-0.39, 0.29) is 9.48 Å². The molecule has 0 saturated heterocycles. The number of halogens is 1. The van der Waals surface area contributed by atoms with Gasteiger partial charge in [0.05, 0.1) is 7.85 Å². The van der Waals surface area contributed by atoms with Crippen molar-refractivity contribution in [3.05, 3.63) is 0 Å². The van der Waals surface area contributed by atoms with Crippen LogP contribution in [0.3, 0.4) is 0 Å². The van der Waals surface area contributed by atoms with Crippen LogP contribution in [-0.2, 0) is 0 Å². The van der Waals surface area contributed by atoms with E-state index in [0.717, 1.165) is 0 Å². The third-order valence-corrected chi connectivity index (χ3v) is 3.14. The molecule has 0 aromatic heterocycles. The van der Waals surface area contributed by atoms with Crippen LogP contribution >= 0.6 is 31.0 Å². The summed E-state index contributed by atoms with van der Waals surface area (Å²) < 4.78 is 7.10. The molecule has 0 aromatic carbocycles. The van der Waals surface area contributed by atoms with Gasteiger partial charge in [0.2, 0.25) is 0 Å². The molecule has 7 heavy (non-hydrogen) atoms. The van der Waals surface area contributed by atoms with Crippen LogP contribution in [0.4, 0.5) is 0 Å². The first-order valence-electron chi connectivity index (χ1n) is 2.43. The van der Waals surface area contributed by atoms with Crippen molar-refractivity contribution in [3.63, 3.8) is 0 Å². The van der Waals surface area contributed by atoms with Gasteiger partial charge in [-0.15, -0.1) is 0 Å². The van der Waals surface area contributed by atoms with Gasteiger partial charge in [0.15, 0.2) is 0 Å². The average Bonchev–Trinajstić information content (AvgIpc) is 1.64. The molecule has 0 fully saturated rings. The van der Waals surface area contributed by atoms with Gasteiger partial charge in [-0.2, -0.15) is 8.40 Å². The zero-order valence-electron chi connectivity index (χ0n) is 5.13. The minimum Gasteiger partial charge on any atom is -0.169 e. The fourth-order valence-corrected chi connectivity index (χ4v) is 0.804. The van der Waals surface area contributed by atoms with Crippen LogP contribution in [0.2, 0.25) is 0 Å². The van der Waals surface area contributed by atoms with Gasteiger partial charge in [0, 0.05) is 1.28 Å². The van der Waals surface area contributed by atoms with E-state index < -0.39 is 8.40 Å². The third-order valence-electron chi connectivity index (χ3n) is 0.696. The summed E-state index contributed by atoms with van der Waals surface area (Å²) in [5.41, 5.74) is 0.144. The quantitative estimate of drug-likeness (QED) is 0.284. The highest BCUT2D eigenvalue weighted by molar-refractivity contribution is 14.1. The van der Waals surface area contributed by atoms with Crippen molar-refractivity contribution in [1.29, 1.82) is 1.28 Å². The van der Waals surface area contributed by atoms with Crippen molar-refractivity contribution >= 4 is 46.4 Å². The van der Waals surface area contributed by atoms with Gasteiger partial charge in [-0.3, -0.25) is 0 Å². The van der Waals surface area contributed by atoms with Crippen molar-refractivity contribution < 1.29 is 0 Å². The highest BCUT2D eigenvalue weighted by atomic mass is 127. The Balaban J connectivity index is 3.46. The van der Waals surface area contributed by atoms with Gasteiger partial charge in [-0.05, 0) is 9.48 Å². The number of rotatable bonds is 2. The molecule has 4 radical (unpaired) electrons. The van der Waals surface area contributed by atoms with Gasteiger partial charge in [0.25, 0.3) is 0 Å². The molecular weight excluding hydrogens is 216 g/mol. The zero-order valence-corrected chi connectivity index (χ0v) is 7.19. The van der Waals surface area contributed by atoms with Crippen LogP contribution < -0.4 is 0 Å². The Morgan fingerprint density at radius 3 is 2.43 bits per heavy atom. The van der Waals surface area contributed by atoms with Crippen LogP contribution in [0, 0.1) is 0 Å². The molecule has 0 spiro atoms. The normalized spacial score (nSPS) is 25.1. The van der Waals surface area contributed by atoms with Gasteiger partial charge < -0.3 is 0 Å². The fourth-order valence-electron chi connectivity index (χ4n) is 0.0822. The smallest absolute Gasteiger partial charge is 0.104 e. The van der Waals surface area contributed by atoms with Crippen LogP contribution in [0.5, 0.6) is 0 Å². The Morgan fingerprint density at radius 2 is 2.43 bits per heavy atom. The lowest BCUT2D eigenvalue weighted by Gasteiger charge is -2.10. The predicted molar refractivity (Wildman–Crippen MR) is 47.1 cm³/mol. The molecule has 3 unspecified atom stereocenters. The lowest BCUT2D eigenvalue weighted by molar-refractivity contribution is 1.10. The summed E-state index contributed by atoms with van der Waals surface area (Å²) in [6.07, 6.45) is 0. The van der Waals surface area contributed by atoms with Crippen molar-refractivity contribution in [3.8, 4) is 0 Å². The van der Waals surface area contributed by atoms with Crippen LogP contribution in [0.15, 0.2) is 0 Å². The molecule has 0 N–H and O–H groups in total. The summed E-state index contributed by atoms with van der Waals surface area (Å²) in [7, 11) is 9.64. The molecule has 0 aliphatic carbocycles. The number of alkyl halides is 1. The summed E-state index contributed by atoms with van der Waals surface area (Å²) in [6.45, 7) is 1.90. The monoisotopic (exact) mass is 223 g/mol. The molecule has 0 aliphatic heterocycles. The summed E-state index contributed by atoms with van der Waals surface area (Å²) in [5.74, 6) is 0. The molecule has 3 atom stereocenters. The molecule has 0 aliphatic rings. The Labute approximate surface area is 64.2 Å². The van der Waals surface area contributed by atoms with Gasteiger partial charge >= 0.3 is 0 Å². The first-order chi connectivity index (χ1) is 3.55. The number of hydrogen-bond donors (Lipinski definition) is 0. The van der Waals surface area contributed by atoms with Crippen molar-refractivity contribution in [2.24, 2.45) is 0 Å². The molecule has 0 rings (SSSR count). The highest BCUT2D eigenvalue weighted by Gasteiger charge is 2.02. The lowest BCUT2D eigenvalue weighted by Crippen LogP contribution is -2.10. The number of hydrogen-bond acceptors (Lipinski definition) is 0. The Hall–Kier alpha value is 1.29. The van der Waals surface area contributed by atoms with E-state index >= 15 is 0 Å². The van der Waals surface area contributed by atoms with E-state index in [1.165, 1.54) is 0 Å². The maximum Gasteiger partial charge on any atom is 0.104 e. The standard InChI is InChI=1S/C3H6B2IP/c1-2(7-5)3(4)6/h2-3,7H,1H3/i7D. The minimum absolute atomic E-state index is 0.0289. The van der Waals surface area contributed by atoms with Crippen LogP contribution in [0.25, 0.3) is 0 Å². The third kappa shape index (κ3) is 3.84. The first-order valence-corrected chi connectivity index (χ1v) is 4.26. The van der Waals surface area contributed by atoms with E-state index in [4.69, 9.17) is 16.7 Å². The predicted octanol–water partition coefficient (Wildman–Crippen LogP) is 1.07. The highest BCUT2D eigenvalue weighted by Crippen LogP contribution is 2.18. The van der Waals surface area contributed by atoms with Gasteiger partial charge in [-0.25, -0.2) is 0 Å². The Bertz CT molecular complexity index is 62.3. The Kier molecular flexibility index (Phi) is 3.84. The van der Waals surface area contributed by atoms with E-state index in [0.29, 0.717) is 0 Å². The summed E-state index contributed by atoms with van der Waals surface area (Å²) in [5, 5.41) is 0. The van der Waals surface area contributed by atoms with E-state index in [9.17, 15) is 0 Å². The Morgan fingerprint density at radius 1 is 2.00 bits per heavy atom. The molecule has 0 saturated carbocycles. The molecule has 0 heterocycles. The second-order valence-electron chi connectivity index (χ2n) is 1.33. The summed E-state index contributed by atoms with van der Waals surface area (Å²) in [4.78, 5) is 0. The van der Waals surface area contributed by atoms with Gasteiger partial charge in [-0.1, -0.05) is 29.5 Å². The largest absolute Gasteiger partial charge is 0.169 e. The second-order valence-corrected chi connectivity index (χ2v) is 3.89. The SMILES string of the molecule is [2H]P([B])C(C)C([B])I. The summed E-state index contributed by atoms with van der Waals surface area (Å²) in [6, 6.07) is 0. The topological polar surface area (TPSA) is 0 Å². The molecular formula is C3H6B2IP. The molecule has 0 amide bonds. The molecule has 4 heteroatoms. The van der Waals surface area contributed by atoms with Crippen molar-refractivity contribution in [1.82, 2.24) is 0 Å². The van der Waals surface area contributed by atoms with E-state index in [1.807, 2.05) is 6.92 Å². The fraction of sp³-hybridized carbons (Fsp3) is 1.00. The van der Waals surface area contributed by atoms with Crippen molar-refractivity contribution in [2.75, 3.05) is 0 Å². The van der Waals surface area contributed by atoms with Gasteiger partial charge in [0.1, 0.15) is 7.57 Å². The molecule has 36 valence electrons. The average molecular weight is 223 g/mol. The maximum absolute atomic E-state index is 7.07. The molecule has 0 bridgehead atoms. The first kappa shape index (κ1) is 6.41. The van der Waals surface area contributed by atoms with Crippen LogP contribution in [-0.4, -0.2) is 26.2 Å². The van der Waals surface area contributed by atoms with Crippen molar-refractivity contribution in [2.45, 2.75) is 16.4 Å². The lowest BCUT2D eigenvalue weighted by atomic mass is 10.0. The van der Waals surface area contributed by atoms with Crippen LogP contribution in [0.1, 0.15) is 6.92 Å². The van der Waals surface area contributed by atoms with E-state index in [1.54, 1.807) is 0 Å².